The van der Waals surface area contributed by atoms with Gasteiger partial charge in [-0.1, -0.05) is 145 Å². The highest BCUT2D eigenvalue weighted by molar-refractivity contribution is 6.15. The summed E-state index contributed by atoms with van der Waals surface area (Å²) in [7, 11) is 0. The second-order valence-electron chi connectivity index (χ2n) is 13.5. The van der Waals surface area contributed by atoms with Crippen molar-refractivity contribution in [2.45, 2.75) is 0 Å². The van der Waals surface area contributed by atoms with E-state index in [-0.39, 0.29) is 0 Å². The Balaban J connectivity index is 1.56. The lowest BCUT2D eigenvalue weighted by atomic mass is 9.98. The highest BCUT2D eigenvalue weighted by Crippen LogP contribution is 2.48. The molecule has 0 amide bonds. The van der Waals surface area contributed by atoms with Gasteiger partial charge in [-0.25, -0.2) is 0 Å². The van der Waals surface area contributed by atoms with Gasteiger partial charge >= 0.3 is 0 Å². The van der Waals surface area contributed by atoms with E-state index in [4.69, 9.17) is 21.9 Å². The number of fused-ring (bicyclic) bond motifs is 12. The minimum Gasteiger partial charge on any atom is -0.306 e. The average Bonchev–Trinajstić information content (AvgIpc) is 1.49. The van der Waals surface area contributed by atoms with Crippen LogP contribution < -0.4 is 0 Å². The van der Waals surface area contributed by atoms with Crippen molar-refractivity contribution in [3.63, 3.8) is 0 Å². The SMILES string of the molecule is [2H]c1c([2H])c([2H])c2c(c1[2H])c1c([2H])c([2H])c([2H])c([2H])c1n2-c1c(C#N)c(-n2c3c([2H])c([2H])c([2H])c([2H])c3c3c([2H])c([2H])c([2H])c([2H])c32)c(-n2c3c([2H])c([2H])c([2H])c([2H])c3c3c([2H])c([2H])c([2H])c([2H])c32)c(C#N)c1-n1c2c([2H])c([2H])c([2H])c([2H])c2c2c([2H])c([2H])c([2H])c([2H])c21. The van der Waals surface area contributed by atoms with Crippen LogP contribution in [0.1, 0.15) is 55.0 Å². The smallest absolute Gasteiger partial charge is 0.104 e. The predicted molar refractivity (Wildman–Crippen MR) is 253 cm³/mol. The van der Waals surface area contributed by atoms with Crippen LogP contribution in [0.5, 0.6) is 0 Å². The summed E-state index contributed by atoms with van der Waals surface area (Å²) < 4.78 is 301. The van der Waals surface area contributed by atoms with Gasteiger partial charge < -0.3 is 18.3 Å². The van der Waals surface area contributed by atoms with Gasteiger partial charge in [0.05, 0.1) is 111 Å². The first kappa shape index (κ1) is 15.3. The molecule has 0 spiro atoms. The molecule has 0 bridgehead atoms. The minimum absolute atomic E-state index is 0.597. The molecule has 0 radical (unpaired) electrons. The van der Waals surface area contributed by atoms with Gasteiger partial charge in [0.25, 0.3) is 0 Å². The molecule has 0 aliphatic carbocycles. The number of nitriles is 2. The number of para-hydroxylation sites is 8. The van der Waals surface area contributed by atoms with Gasteiger partial charge in [0, 0.05) is 43.1 Å². The molecule has 0 saturated carbocycles. The summed E-state index contributed by atoms with van der Waals surface area (Å²) in [5.74, 6) is 0. The maximum atomic E-state index is 12.8. The van der Waals surface area contributed by atoms with Crippen LogP contribution in [0.2, 0.25) is 0 Å². The van der Waals surface area contributed by atoms with Crippen LogP contribution in [0.3, 0.4) is 0 Å². The monoisotopic (exact) mass is 820 g/mol. The summed E-state index contributed by atoms with van der Waals surface area (Å²) in [5.41, 5.74) is -14.5. The Hall–Kier alpha value is -8.84. The maximum Gasteiger partial charge on any atom is 0.104 e. The third-order valence-electron chi connectivity index (χ3n) is 10.6. The number of rotatable bonds is 4. The highest BCUT2D eigenvalue weighted by atomic mass is 15.1. The fourth-order valence-electron chi connectivity index (χ4n) is 8.36. The molecule has 0 aliphatic rings. The number of hydrogen-bond acceptors (Lipinski definition) is 2. The first-order valence-electron chi connectivity index (χ1n) is 34.1. The third-order valence-corrected chi connectivity index (χ3v) is 10.6. The van der Waals surface area contributed by atoms with Crippen molar-refractivity contribution in [2.24, 2.45) is 0 Å². The second kappa shape index (κ2) is 12.8. The van der Waals surface area contributed by atoms with Gasteiger partial charge in [0.2, 0.25) is 0 Å². The molecule has 13 aromatic rings. The Morgan fingerprint density at radius 1 is 0.258 bits per heavy atom. The number of nitrogens with zero attached hydrogens (tertiary/aromatic N) is 6. The van der Waals surface area contributed by atoms with Crippen molar-refractivity contribution < 1.29 is 43.9 Å². The fraction of sp³-hybridized carbons (Fsp3) is 0. The fourth-order valence-corrected chi connectivity index (χ4v) is 8.36. The zero-order chi connectivity index (χ0) is 68.9. The van der Waals surface area contributed by atoms with Crippen molar-refractivity contribution in [3.05, 3.63) is 204 Å². The van der Waals surface area contributed by atoms with Crippen molar-refractivity contribution in [3.8, 4) is 34.9 Å². The minimum atomic E-state index is -1.27. The lowest BCUT2D eigenvalue weighted by Crippen LogP contribution is -2.16. The highest BCUT2D eigenvalue weighted by Gasteiger charge is 2.34. The normalized spacial score (nSPS) is 19.1. The van der Waals surface area contributed by atoms with Gasteiger partial charge in [0.15, 0.2) is 0 Å². The molecule has 9 aromatic carbocycles. The first-order chi connectivity index (χ1) is 44.0. The summed E-state index contributed by atoms with van der Waals surface area (Å²) in [5, 5.41) is 19.5. The molecule has 0 saturated heterocycles. The third kappa shape index (κ3) is 4.39. The predicted octanol–water partition coefficient (Wildman–Crippen LogP) is 13.8. The summed E-state index contributed by atoms with van der Waals surface area (Å²) in [4.78, 5) is 0. The molecular weight excluding hydrogens is 757 g/mol. The van der Waals surface area contributed by atoms with Crippen LogP contribution in [0.25, 0.3) is 110 Å². The number of aromatic nitrogens is 4. The van der Waals surface area contributed by atoms with Crippen molar-refractivity contribution in [1.82, 2.24) is 18.3 Å². The van der Waals surface area contributed by atoms with E-state index in [0.29, 0.717) is 18.3 Å². The van der Waals surface area contributed by atoms with Gasteiger partial charge in [-0.2, -0.15) is 10.5 Å². The zero-order valence-electron chi connectivity index (χ0n) is 62.7. The van der Waals surface area contributed by atoms with Crippen molar-refractivity contribution >= 4 is 87.2 Å². The summed E-state index contributed by atoms with van der Waals surface area (Å²) in [6.45, 7) is 0. The van der Waals surface area contributed by atoms with Crippen LogP contribution in [-0.2, 0) is 0 Å². The van der Waals surface area contributed by atoms with Crippen molar-refractivity contribution in [1.29, 1.82) is 10.5 Å². The largest absolute Gasteiger partial charge is 0.306 e. The second-order valence-corrected chi connectivity index (χ2v) is 13.5. The number of hydrogen-bond donors (Lipinski definition) is 0. The molecule has 13 rings (SSSR count). The molecule has 6 heteroatoms. The lowest BCUT2D eigenvalue weighted by Gasteiger charge is -2.27. The van der Waals surface area contributed by atoms with Crippen LogP contribution in [0.15, 0.2) is 193 Å². The molecule has 62 heavy (non-hydrogen) atoms. The van der Waals surface area contributed by atoms with E-state index in [2.05, 4.69) is 0 Å². The van der Waals surface area contributed by atoms with Crippen LogP contribution in [0, 0.1) is 22.7 Å². The molecule has 286 valence electrons. The van der Waals surface area contributed by atoms with Crippen LogP contribution >= 0.6 is 0 Å². The van der Waals surface area contributed by atoms with E-state index < -0.39 is 314 Å². The van der Waals surface area contributed by atoms with Crippen LogP contribution in [-0.4, -0.2) is 18.3 Å². The van der Waals surface area contributed by atoms with Gasteiger partial charge in [-0.05, 0) is 48.3 Å². The van der Waals surface area contributed by atoms with Gasteiger partial charge in [-0.15, -0.1) is 0 Å². The summed E-state index contributed by atoms with van der Waals surface area (Å²) in [6, 6.07) is -30.5. The molecule has 0 aliphatic heterocycles. The molecule has 6 nitrogen and oxygen atoms in total. The molecule has 0 fully saturated rings. The summed E-state index contributed by atoms with van der Waals surface area (Å²) >= 11 is 0. The Bertz CT molecular complexity index is 5020. The standard InChI is InChI=1S/C56H32N6/c57-33-43-53(59-45-25-9-1-17-35(45)36-18-2-10-26-46(36)59)54(60-47-27-11-3-19-37(47)38-20-4-12-28-48(38)60)44(34-58)56(62-51-31-15-7-23-41(51)42-24-8-16-32-52(42)62)55(43)61-49-29-13-5-21-39(49)40-22-6-14-30-50(40)61/h1-32H/i1D,2D,3D,4D,5D,6D,7D,8D,9D,10D,11D,12D,13D,14D,15D,16D,17D,18D,19D,20D,21D,22D,23D,24D,25D,26D,27D,28D,29D,30D,31D,32D. The van der Waals surface area contributed by atoms with E-state index in [1.54, 1.807) is 0 Å². The van der Waals surface area contributed by atoms with Gasteiger partial charge in [0.1, 0.15) is 23.3 Å². The Morgan fingerprint density at radius 3 is 0.548 bits per heavy atom. The van der Waals surface area contributed by atoms with Crippen molar-refractivity contribution in [2.75, 3.05) is 0 Å². The maximum absolute atomic E-state index is 12.8. The molecular formula is C56H32N6. The Morgan fingerprint density at radius 2 is 0.403 bits per heavy atom. The van der Waals surface area contributed by atoms with Crippen LogP contribution in [0.4, 0.5) is 0 Å². The lowest BCUT2D eigenvalue weighted by molar-refractivity contribution is 1.02. The average molecular weight is 821 g/mol. The van der Waals surface area contributed by atoms with E-state index >= 15 is 0 Å². The van der Waals surface area contributed by atoms with E-state index in [1.165, 1.54) is 0 Å². The molecule has 0 N–H and O–H groups in total. The molecule has 4 aromatic heterocycles. The molecule has 4 heterocycles. The Labute approximate surface area is 399 Å². The van der Waals surface area contributed by atoms with E-state index in [9.17, 15) is 32.5 Å². The molecule has 0 atom stereocenters. The van der Waals surface area contributed by atoms with Gasteiger partial charge in [-0.3, -0.25) is 0 Å². The van der Waals surface area contributed by atoms with E-state index in [1.807, 2.05) is 12.1 Å². The molecule has 0 unspecified atom stereocenters. The topological polar surface area (TPSA) is 67.3 Å². The Kier molecular flexibility index (Phi) is 3.17. The quantitative estimate of drug-likeness (QED) is 0.177. The summed E-state index contributed by atoms with van der Waals surface area (Å²) in [6.07, 6.45) is 0. The zero-order valence-corrected chi connectivity index (χ0v) is 30.7. The van der Waals surface area contributed by atoms with E-state index in [0.717, 1.165) is 0 Å². The number of benzene rings is 9. The first-order valence-corrected chi connectivity index (χ1v) is 18.1.